The average molecular weight is 446 g/mol. The molecule has 5 rings (SSSR count). The standard InChI is InChI=1S/C24H35N3O5/c1-14(2)18(25-23(31)32-13-15-5-3-6-15)21(29)26-12-9-17-19(26)24(10-4-11-24)22(30)27(17)20(28)16-7-8-16/h14-19H,3-13H2,1-2H3,(H,25,31)/t17-,18-,19-/m0/s1. The molecule has 0 aromatic heterocycles. The van der Waals surface area contributed by atoms with Crippen molar-refractivity contribution in [2.45, 2.75) is 89.8 Å². The smallest absolute Gasteiger partial charge is 0.407 e. The van der Waals surface area contributed by atoms with E-state index in [9.17, 15) is 19.2 Å². The average Bonchev–Trinajstić information content (AvgIpc) is 3.39. The third-order valence-electron chi connectivity index (χ3n) is 8.48. The largest absolute Gasteiger partial charge is 0.449 e. The van der Waals surface area contributed by atoms with Crippen LogP contribution in [0.1, 0.15) is 71.6 Å². The number of carbonyl (C=O) groups excluding carboxylic acids is 4. The molecule has 0 radical (unpaired) electrons. The highest BCUT2D eigenvalue weighted by atomic mass is 16.5. The Labute approximate surface area is 189 Å². The van der Waals surface area contributed by atoms with Crippen molar-refractivity contribution in [3.05, 3.63) is 0 Å². The lowest BCUT2D eigenvalue weighted by Crippen LogP contribution is -2.58. The molecule has 8 nitrogen and oxygen atoms in total. The molecule has 1 N–H and O–H groups in total. The molecule has 8 heteroatoms. The topological polar surface area (TPSA) is 96.0 Å². The normalized spacial score (nSPS) is 29.5. The van der Waals surface area contributed by atoms with Crippen LogP contribution in [0.3, 0.4) is 0 Å². The number of alkyl carbamates (subject to hydrolysis) is 1. The Hall–Kier alpha value is -2.12. The van der Waals surface area contributed by atoms with Crippen LogP contribution in [0.5, 0.6) is 0 Å². The van der Waals surface area contributed by atoms with Gasteiger partial charge in [-0.1, -0.05) is 26.7 Å². The van der Waals surface area contributed by atoms with Crippen LogP contribution in [0.2, 0.25) is 0 Å². The van der Waals surface area contributed by atoms with E-state index in [0.29, 0.717) is 25.5 Å². The fourth-order valence-corrected chi connectivity index (χ4v) is 6.05. The number of imide groups is 1. The minimum atomic E-state index is -0.706. The van der Waals surface area contributed by atoms with Gasteiger partial charge in [-0.05, 0) is 56.8 Å². The van der Waals surface area contributed by atoms with Crippen LogP contribution >= 0.6 is 0 Å². The summed E-state index contributed by atoms with van der Waals surface area (Å²) in [5.41, 5.74) is -0.617. The highest BCUT2D eigenvalue weighted by molar-refractivity contribution is 6.04. The Balaban J connectivity index is 1.31. The van der Waals surface area contributed by atoms with Crippen LogP contribution in [0.15, 0.2) is 0 Å². The van der Waals surface area contributed by atoms with Crippen molar-refractivity contribution in [2.24, 2.45) is 23.2 Å². The first kappa shape index (κ1) is 21.7. The Bertz CT molecular complexity index is 814. The summed E-state index contributed by atoms with van der Waals surface area (Å²) in [6.07, 6.45) is 7.55. The van der Waals surface area contributed by atoms with E-state index in [-0.39, 0.29) is 41.6 Å². The molecule has 3 saturated carbocycles. The van der Waals surface area contributed by atoms with Gasteiger partial charge < -0.3 is 15.0 Å². The lowest BCUT2D eigenvalue weighted by atomic mass is 9.64. The van der Waals surface area contributed by atoms with Gasteiger partial charge in [0.15, 0.2) is 0 Å². The molecule has 3 atom stereocenters. The van der Waals surface area contributed by atoms with Gasteiger partial charge in [-0.15, -0.1) is 0 Å². The van der Waals surface area contributed by atoms with Gasteiger partial charge in [-0.3, -0.25) is 19.3 Å². The minimum Gasteiger partial charge on any atom is -0.449 e. The second-order valence-corrected chi connectivity index (χ2v) is 10.9. The predicted octanol–water partition coefficient (Wildman–Crippen LogP) is 2.46. The predicted molar refractivity (Wildman–Crippen MR) is 115 cm³/mol. The van der Waals surface area contributed by atoms with Crippen molar-refractivity contribution in [3.63, 3.8) is 0 Å². The second kappa shape index (κ2) is 8.03. The fourth-order valence-electron chi connectivity index (χ4n) is 6.05. The van der Waals surface area contributed by atoms with Crippen molar-refractivity contribution in [1.29, 1.82) is 0 Å². The Morgan fingerprint density at radius 3 is 2.34 bits per heavy atom. The molecule has 176 valence electrons. The summed E-state index contributed by atoms with van der Waals surface area (Å²) in [5.74, 6) is 0.0361. The molecule has 1 spiro atoms. The van der Waals surface area contributed by atoms with Gasteiger partial charge in [0.2, 0.25) is 17.7 Å². The molecule has 0 bridgehead atoms. The quantitative estimate of drug-likeness (QED) is 0.634. The maximum Gasteiger partial charge on any atom is 0.407 e. The van der Waals surface area contributed by atoms with E-state index < -0.39 is 17.6 Å². The summed E-state index contributed by atoms with van der Waals surface area (Å²) in [6.45, 7) is 4.73. The van der Waals surface area contributed by atoms with E-state index in [2.05, 4.69) is 5.32 Å². The number of nitrogens with one attached hydrogen (secondary N) is 1. The molecular weight excluding hydrogens is 410 g/mol. The monoisotopic (exact) mass is 445 g/mol. The summed E-state index contributed by atoms with van der Waals surface area (Å²) in [6, 6.07) is -1.20. The van der Waals surface area contributed by atoms with Gasteiger partial charge in [0.05, 0.1) is 24.1 Å². The number of likely N-dealkylation sites (tertiary alicyclic amines) is 2. The van der Waals surface area contributed by atoms with Crippen molar-refractivity contribution in [1.82, 2.24) is 15.1 Å². The maximum absolute atomic E-state index is 13.7. The summed E-state index contributed by atoms with van der Waals surface area (Å²) in [7, 11) is 0. The molecule has 5 aliphatic rings. The minimum absolute atomic E-state index is 0.0184. The number of hydrogen-bond donors (Lipinski definition) is 1. The van der Waals surface area contributed by atoms with Crippen molar-refractivity contribution >= 4 is 23.8 Å². The number of fused-ring (bicyclic) bond motifs is 2. The van der Waals surface area contributed by atoms with E-state index in [0.717, 1.165) is 44.9 Å². The summed E-state index contributed by atoms with van der Waals surface area (Å²) in [4.78, 5) is 55.8. The third-order valence-corrected chi connectivity index (χ3v) is 8.48. The molecule has 2 aliphatic heterocycles. The molecule has 2 heterocycles. The first-order valence-corrected chi connectivity index (χ1v) is 12.4. The molecule has 4 amide bonds. The Kier molecular flexibility index (Phi) is 5.45. The van der Waals surface area contributed by atoms with Gasteiger partial charge in [-0.2, -0.15) is 0 Å². The Morgan fingerprint density at radius 2 is 1.81 bits per heavy atom. The van der Waals surface area contributed by atoms with Crippen molar-refractivity contribution in [2.75, 3.05) is 13.2 Å². The van der Waals surface area contributed by atoms with E-state index in [1.54, 1.807) is 4.90 Å². The fraction of sp³-hybridized carbons (Fsp3) is 0.833. The van der Waals surface area contributed by atoms with E-state index in [1.165, 1.54) is 11.3 Å². The van der Waals surface area contributed by atoms with Crippen molar-refractivity contribution in [3.8, 4) is 0 Å². The van der Waals surface area contributed by atoms with E-state index in [4.69, 9.17) is 4.74 Å². The number of rotatable bonds is 6. The SMILES string of the molecule is CC(C)[C@H](NC(=O)OCC1CCC1)C(=O)N1CC[C@H]2[C@H]1C1(CCC1)C(=O)N2C(=O)C1CC1. The molecule has 0 aromatic rings. The number of ether oxygens (including phenoxy) is 1. The molecule has 3 aliphatic carbocycles. The van der Waals surface area contributed by atoms with Gasteiger partial charge >= 0.3 is 6.09 Å². The zero-order valence-corrected chi connectivity index (χ0v) is 19.2. The first-order valence-electron chi connectivity index (χ1n) is 12.4. The van der Waals surface area contributed by atoms with E-state index >= 15 is 0 Å². The van der Waals surface area contributed by atoms with Gasteiger partial charge in [0.1, 0.15) is 6.04 Å². The van der Waals surface area contributed by atoms with Crippen molar-refractivity contribution < 1.29 is 23.9 Å². The highest BCUT2D eigenvalue weighted by Crippen LogP contribution is 2.56. The zero-order chi connectivity index (χ0) is 22.6. The zero-order valence-electron chi connectivity index (χ0n) is 19.2. The van der Waals surface area contributed by atoms with Crippen LogP contribution in [-0.2, 0) is 19.1 Å². The molecule has 32 heavy (non-hydrogen) atoms. The van der Waals surface area contributed by atoms with Crippen LogP contribution in [-0.4, -0.2) is 64.9 Å². The molecule has 2 saturated heterocycles. The summed E-state index contributed by atoms with van der Waals surface area (Å²) in [5, 5.41) is 2.80. The number of carbonyl (C=O) groups is 4. The van der Waals surface area contributed by atoms with Crippen LogP contribution in [0.25, 0.3) is 0 Å². The van der Waals surface area contributed by atoms with E-state index in [1.807, 2.05) is 13.8 Å². The molecule has 0 aromatic carbocycles. The van der Waals surface area contributed by atoms with Gasteiger partial charge in [0, 0.05) is 12.5 Å². The molecular formula is C24H35N3O5. The molecule has 0 unspecified atom stereocenters. The third kappa shape index (κ3) is 3.41. The lowest BCUT2D eigenvalue weighted by molar-refractivity contribution is -0.152. The summed E-state index contributed by atoms with van der Waals surface area (Å²) >= 11 is 0. The molecule has 5 fully saturated rings. The Morgan fingerprint density at radius 1 is 1.09 bits per heavy atom. The number of hydrogen-bond acceptors (Lipinski definition) is 5. The van der Waals surface area contributed by atoms with Crippen LogP contribution in [0.4, 0.5) is 4.79 Å². The van der Waals surface area contributed by atoms with Crippen LogP contribution in [0, 0.1) is 23.2 Å². The van der Waals surface area contributed by atoms with Crippen LogP contribution < -0.4 is 5.32 Å². The highest BCUT2D eigenvalue weighted by Gasteiger charge is 2.68. The number of amides is 4. The van der Waals surface area contributed by atoms with Gasteiger partial charge in [0.25, 0.3) is 0 Å². The first-order chi connectivity index (χ1) is 15.3. The van der Waals surface area contributed by atoms with Gasteiger partial charge in [-0.25, -0.2) is 4.79 Å². The second-order valence-electron chi connectivity index (χ2n) is 10.9. The number of nitrogens with zero attached hydrogens (tertiary/aromatic N) is 2. The lowest BCUT2D eigenvalue weighted by Gasteiger charge is -2.44. The maximum atomic E-state index is 13.7. The summed E-state index contributed by atoms with van der Waals surface area (Å²) < 4.78 is 5.37.